The van der Waals surface area contributed by atoms with E-state index in [1.165, 1.54) is 0 Å². The van der Waals surface area contributed by atoms with Crippen LogP contribution in [0.3, 0.4) is 0 Å². The van der Waals surface area contributed by atoms with Gasteiger partial charge in [0.2, 0.25) is 0 Å². The van der Waals surface area contributed by atoms with Crippen molar-refractivity contribution in [1.82, 2.24) is 0 Å². The van der Waals surface area contributed by atoms with Crippen LogP contribution < -0.4 is 0 Å². The number of hydrogen-bond donors (Lipinski definition) is 2. The van der Waals surface area contributed by atoms with Crippen molar-refractivity contribution in [3.05, 3.63) is 0 Å². The van der Waals surface area contributed by atoms with Crippen molar-refractivity contribution in [2.24, 2.45) is 0 Å². The van der Waals surface area contributed by atoms with Crippen LogP contribution in [0.1, 0.15) is 12.8 Å². The Labute approximate surface area is 65.4 Å². The van der Waals surface area contributed by atoms with Crippen LogP contribution in [0.5, 0.6) is 0 Å². The Bertz CT molecular complexity index is 54.9. The van der Waals surface area contributed by atoms with Crippen molar-refractivity contribution in [3.63, 3.8) is 0 Å². The van der Waals surface area contributed by atoms with E-state index in [4.69, 9.17) is 10.0 Å². The van der Waals surface area contributed by atoms with E-state index in [-0.39, 0.29) is 35.4 Å². The normalized spacial score (nSPS) is 18.0. The third-order valence-corrected chi connectivity index (χ3v) is 1.04. The molecule has 1 fully saturated rings. The molecule has 0 saturated heterocycles. The molecule has 0 heterocycles. The first-order valence-corrected chi connectivity index (χ1v) is 2.17. The molecule has 2 nitrogen and oxygen atoms in total. The molecule has 36 valence electrons. The SMILES string of the molecule is OB(O)C1CC1.[NaH]. The fourth-order valence-electron chi connectivity index (χ4n) is 0.394. The number of rotatable bonds is 1. The van der Waals surface area contributed by atoms with Gasteiger partial charge in [-0.1, -0.05) is 12.8 Å². The molecule has 4 heteroatoms. The molecule has 0 aromatic carbocycles. The molecule has 0 bridgehead atoms. The van der Waals surface area contributed by atoms with Crippen molar-refractivity contribution >= 4 is 36.7 Å². The molecule has 0 spiro atoms. The average Bonchev–Trinajstić information content (AvgIpc) is 2.06. The van der Waals surface area contributed by atoms with Crippen LogP contribution in [0.2, 0.25) is 5.82 Å². The predicted molar refractivity (Wildman–Crippen MR) is 30.3 cm³/mol. The standard InChI is InChI=1S/C3H7BO2.Na.H/c5-4(6)3-1-2-3;;/h3,5-6H,1-2H2;;. The first-order valence-electron chi connectivity index (χ1n) is 2.17. The van der Waals surface area contributed by atoms with E-state index < -0.39 is 7.12 Å². The maximum absolute atomic E-state index is 8.25. The van der Waals surface area contributed by atoms with Gasteiger partial charge in [0.05, 0.1) is 0 Å². The van der Waals surface area contributed by atoms with Crippen LogP contribution in [-0.4, -0.2) is 46.7 Å². The van der Waals surface area contributed by atoms with E-state index in [0.717, 1.165) is 12.8 Å². The zero-order valence-electron chi connectivity index (χ0n) is 3.46. The first kappa shape index (κ1) is 7.98. The van der Waals surface area contributed by atoms with Gasteiger partial charge in [-0.2, -0.15) is 0 Å². The van der Waals surface area contributed by atoms with Crippen molar-refractivity contribution in [1.29, 1.82) is 0 Å². The van der Waals surface area contributed by atoms with Gasteiger partial charge in [-0.05, 0) is 5.82 Å². The molecule has 0 atom stereocenters. The van der Waals surface area contributed by atoms with Gasteiger partial charge >= 0.3 is 36.7 Å². The van der Waals surface area contributed by atoms with Gasteiger partial charge in [0.25, 0.3) is 0 Å². The van der Waals surface area contributed by atoms with Crippen LogP contribution in [0.15, 0.2) is 0 Å². The summed E-state index contributed by atoms with van der Waals surface area (Å²) in [6.07, 6.45) is 2.00. The van der Waals surface area contributed by atoms with Crippen molar-refractivity contribution in [3.8, 4) is 0 Å². The van der Waals surface area contributed by atoms with Gasteiger partial charge in [0, 0.05) is 0 Å². The zero-order valence-corrected chi connectivity index (χ0v) is 3.46. The van der Waals surface area contributed by atoms with Crippen molar-refractivity contribution < 1.29 is 10.0 Å². The summed E-state index contributed by atoms with van der Waals surface area (Å²) in [4.78, 5) is 0. The van der Waals surface area contributed by atoms with Crippen LogP contribution in [0, 0.1) is 0 Å². The first-order chi connectivity index (χ1) is 2.80. The molecular weight excluding hydrogens is 102 g/mol. The van der Waals surface area contributed by atoms with E-state index in [2.05, 4.69) is 0 Å². The molecule has 1 aliphatic rings. The molecule has 0 radical (unpaired) electrons. The second-order valence-electron chi connectivity index (χ2n) is 1.75. The summed E-state index contributed by atoms with van der Waals surface area (Å²) in [5.74, 6) is 0.213. The number of hydrogen-bond acceptors (Lipinski definition) is 2. The quantitative estimate of drug-likeness (QED) is 0.424. The molecule has 1 rings (SSSR count). The van der Waals surface area contributed by atoms with E-state index in [1.807, 2.05) is 0 Å². The van der Waals surface area contributed by atoms with Crippen LogP contribution in [0.4, 0.5) is 0 Å². The van der Waals surface area contributed by atoms with Gasteiger partial charge in [0.1, 0.15) is 0 Å². The summed E-state index contributed by atoms with van der Waals surface area (Å²) in [6, 6.07) is 0. The fourth-order valence-corrected chi connectivity index (χ4v) is 0.394. The Hall–Kier alpha value is 0.985. The van der Waals surface area contributed by atoms with E-state index in [9.17, 15) is 0 Å². The Morgan fingerprint density at radius 2 is 1.71 bits per heavy atom. The zero-order chi connectivity index (χ0) is 4.57. The molecule has 7 heavy (non-hydrogen) atoms. The van der Waals surface area contributed by atoms with Crippen LogP contribution in [0.25, 0.3) is 0 Å². The topological polar surface area (TPSA) is 40.5 Å². The summed E-state index contributed by atoms with van der Waals surface area (Å²) in [5, 5.41) is 16.5. The maximum atomic E-state index is 8.25. The molecule has 1 aliphatic carbocycles. The molecule has 0 amide bonds. The van der Waals surface area contributed by atoms with Gasteiger partial charge in [-0.15, -0.1) is 0 Å². The third-order valence-electron chi connectivity index (χ3n) is 1.04. The molecule has 0 unspecified atom stereocenters. The summed E-state index contributed by atoms with van der Waals surface area (Å²) in [6.45, 7) is 0. The second kappa shape index (κ2) is 3.10. The van der Waals surface area contributed by atoms with Gasteiger partial charge in [0.15, 0.2) is 0 Å². The summed E-state index contributed by atoms with van der Waals surface area (Å²) in [7, 11) is -1.04. The van der Waals surface area contributed by atoms with Gasteiger partial charge in [-0.25, -0.2) is 0 Å². The summed E-state index contributed by atoms with van der Waals surface area (Å²) >= 11 is 0. The molecule has 0 aliphatic heterocycles. The predicted octanol–water partition coefficient (Wildman–Crippen LogP) is -1.03. The Kier molecular flexibility index (Phi) is 3.54. The fraction of sp³-hybridized carbons (Fsp3) is 1.00. The van der Waals surface area contributed by atoms with E-state index in [1.54, 1.807) is 0 Å². The monoisotopic (exact) mass is 110 g/mol. The molecular formula is C3H8BNaO2. The van der Waals surface area contributed by atoms with Crippen LogP contribution in [-0.2, 0) is 0 Å². The van der Waals surface area contributed by atoms with Crippen LogP contribution >= 0.6 is 0 Å². The Balaban J connectivity index is 0.000000360. The molecule has 2 N–H and O–H groups in total. The Morgan fingerprint density at radius 1 is 1.29 bits per heavy atom. The molecule has 0 aromatic rings. The van der Waals surface area contributed by atoms with E-state index >= 15 is 0 Å². The van der Waals surface area contributed by atoms with E-state index in [0.29, 0.717) is 0 Å². The summed E-state index contributed by atoms with van der Waals surface area (Å²) < 4.78 is 0. The van der Waals surface area contributed by atoms with Crippen molar-refractivity contribution in [2.75, 3.05) is 0 Å². The van der Waals surface area contributed by atoms with Crippen molar-refractivity contribution in [2.45, 2.75) is 18.7 Å². The molecule has 0 aromatic heterocycles. The minimum atomic E-state index is -1.04. The van der Waals surface area contributed by atoms with Gasteiger partial charge in [-0.3, -0.25) is 0 Å². The second-order valence-corrected chi connectivity index (χ2v) is 1.75. The average molecular weight is 110 g/mol. The Morgan fingerprint density at radius 3 is 1.71 bits per heavy atom. The minimum absolute atomic E-state index is 0. The third kappa shape index (κ3) is 2.72. The summed E-state index contributed by atoms with van der Waals surface area (Å²) in [5.41, 5.74) is 0. The molecule has 1 saturated carbocycles. The van der Waals surface area contributed by atoms with Gasteiger partial charge < -0.3 is 10.0 Å².